The Balaban J connectivity index is 0.00000110. The van der Waals surface area contributed by atoms with Crippen LogP contribution in [0, 0.1) is 5.41 Å². The van der Waals surface area contributed by atoms with E-state index in [0.717, 1.165) is 6.04 Å². The lowest BCUT2D eigenvalue weighted by Crippen LogP contribution is -2.25. The van der Waals surface area contributed by atoms with E-state index in [2.05, 4.69) is 23.8 Å². The standard InChI is InChI=1S/C11H19N3O2Si.C3H8/c1-4-17(15)8-11(2,3)7-16-10-13-5-9(12)6-14-10;1-3-2/h5-6H,4,7-8,12H2,1-3H3;3H2,1-2H3. The van der Waals surface area contributed by atoms with E-state index < -0.39 is 8.68 Å². The molecule has 0 unspecified atom stereocenters. The first-order valence-corrected chi connectivity index (χ1v) is 8.88. The molecular formula is C14H27N3O2Si. The summed E-state index contributed by atoms with van der Waals surface area (Å²) < 4.78 is 17.0. The van der Waals surface area contributed by atoms with Crippen LogP contribution in [-0.2, 0) is 4.46 Å². The maximum Gasteiger partial charge on any atom is 0.316 e. The first kappa shape index (κ1) is 18.7. The average molecular weight is 297 g/mol. The molecule has 6 heteroatoms. The second-order valence-corrected chi connectivity index (χ2v) is 7.67. The number of nitrogens with two attached hydrogens (primary N) is 1. The maximum absolute atomic E-state index is 11.6. The summed E-state index contributed by atoms with van der Waals surface area (Å²) >= 11 is 0. The van der Waals surface area contributed by atoms with E-state index in [1.165, 1.54) is 18.8 Å². The van der Waals surface area contributed by atoms with Crippen molar-refractivity contribution in [3.63, 3.8) is 0 Å². The Hall–Kier alpha value is -1.30. The Bertz CT molecular complexity index is 394. The van der Waals surface area contributed by atoms with Gasteiger partial charge in [0.2, 0.25) is 0 Å². The van der Waals surface area contributed by atoms with Gasteiger partial charge in [0.15, 0.2) is 0 Å². The normalized spacial score (nSPS) is 10.4. The second kappa shape index (κ2) is 9.58. The molecule has 1 aromatic heterocycles. The molecular weight excluding hydrogens is 270 g/mol. The summed E-state index contributed by atoms with van der Waals surface area (Å²) in [6, 6.07) is 1.73. The van der Waals surface area contributed by atoms with Crippen LogP contribution < -0.4 is 10.5 Å². The van der Waals surface area contributed by atoms with Crippen molar-refractivity contribution in [2.75, 3.05) is 12.3 Å². The Morgan fingerprint density at radius 2 is 1.75 bits per heavy atom. The monoisotopic (exact) mass is 297 g/mol. The number of anilines is 1. The molecule has 1 aromatic rings. The number of rotatable bonds is 6. The van der Waals surface area contributed by atoms with Gasteiger partial charge in [-0.05, 0) is 6.04 Å². The Labute approximate surface area is 123 Å². The van der Waals surface area contributed by atoms with Crippen LogP contribution in [-0.4, -0.2) is 25.3 Å². The molecule has 1 heterocycles. The lowest BCUT2D eigenvalue weighted by molar-refractivity contribution is 0.182. The fraction of sp³-hybridized carbons (Fsp3) is 0.714. The van der Waals surface area contributed by atoms with Gasteiger partial charge >= 0.3 is 6.01 Å². The van der Waals surface area contributed by atoms with Crippen LogP contribution in [0.2, 0.25) is 12.1 Å². The Kier molecular flexibility index (Phi) is 8.95. The van der Waals surface area contributed by atoms with Gasteiger partial charge in [-0.15, -0.1) is 0 Å². The van der Waals surface area contributed by atoms with Crippen LogP contribution in [0.3, 0.4) is 0 Å². The Morgan fingerprint density at radius 3 is 2.20 bits per heavy atom. The number of aromatic nitrogens is 2. The summed E-state index contributed by atoms with van der Waals surface area (Å²) in [5.41, 5.74) is 5.85. The highest BCUT2D eigenvalue weighted by atomic mass is 28.3. The first-order chi connectivity index (χ1) is 9.34. The van der Waals surface area contributed by atoms with Gasteiger partial charge in [-0.1, -0.05) is 41.0 Å². The maximum atomic E-state index is 11.6. The molecule has 0 spiro atoms. The molecule has 0 fully saturated rings. The van der Waals surface area contributed by atoms with E-state index in [1.54, 1.807) is 0 Å². The number of ether oxygens (including phenoxy) is 1. The highest BCUT2D eigenvalue weighted by Crippen LogP contribution is 2.23. The zero-order chi connectivity index (χ0) is 15.6. The lowest BCUT2D eigenvalue weighted by Gasteiger charge is -2.22. The van der Waals surface area contributed by atoms with Crippen LogP contribution in [0.25, 0.3) is 0 Å². The predicted molar refractivity (Wildman–Crippen MR) is 83.4 cm³/mol. The molecule has 0 aliphatic carbocycles. The topological polar surface area (TPSA) is 78.1 Å². The molecule has 1 rings (SSSR count). The molecule has 0 saturated carbocycles. The third-order valence-electron chi connectivity index (χ3n) is 2.31. The number of nitrogen functional groups attached to an aromatic ring is 1. The number of hydrogen-bond acceptors (Lipinski definition) is 5. The predicted octanol–water partition coefficient (Wildman–Crippen LogP) is 3.32. The molecule has 5 nitrogen and oxygen atoms in total. The third kappa shape index (κ3) is 8.74. The molecule has 0 aromatic carbocycles. The number of nitrogens with zero attached hydrogens (tertiary/aromatic N) is 2. The van der Waals surface area contributed by atoms with E-state index in [1.807, 2.05) is 20.8 Å². The Morgan fingerprint density at radius 1 is 1.25 bits per heavy atom. The van der Waals surface area contributed by atoms with Crippen molar-refractivity contribution in [3.05, 3.63) is 12.4 Å². The van der Waals surface area contributed by atoms with Gasteiger partial charge in [-0.2, -0.15) is 0 Å². The van der Waals surface area contributed by atoms with Gasteiger partial charge < -0.3 is 14.9 Å². The third-order valence-corrected chi connectivity index (χ3v) is 4.45. The minimum Gasteiger partial charge on any atom is -0.463 e. The molecule has 0 radical (unpaired) electrons. The molecule has 0 aliphatic heterocycles. The minimum absolute atomic E-state index is 0.128. The van der Waals surface area contributed by atoms with Gasteiger partial charge in [-0.25, -0.2) is 9.97 Å². The highest BCUT2D eigenvalue weighted by Gasteiger charge is 2.23. The molecule has 20 heavy (non-hydrogen) atoms. The summed E-state index contributed by atoms with van der Waals surface area (Å²) in [5, 5.41) is 0. The van der Waals surface area contributed by atoms with Crippen molar-refractivity contribution in [3.8, 4) is 6.01 Å². The summed E-state index contributed by atoms with van der Waals surface area (Å²) in [7, 11) is -1.49. The zero-order valence-corrected chi connectivity index (χ0v) is 14.3. The minimum atomic E-state index is -1.49. The quantitative estimate of drug-likeness (QED) is 0.815. The average Bonchev–Trinajstić information content (AvgIpc) is 2.38. The molecule has 0 atom stereocenters. The van der Waals surface area contributed by atoms with E-state index in [4.69, 9.17) is 10.5 Å². The summed E-state index contributed by atoms with van der Waals surface area (Å²) in [4.78, 5) is 7.91. The summed E-state index contributed by atoms with van der Waals surface area (Å²) in [6.07, 6.45) is 4.26. The fourth-order valence-corrected chi connectivity index (χ4v) is 2.79. The van der Waals surface area contributed by atoms with E-state index in [-0.39, 0.29) is 5.41 Å². The van der Waals surface area contributed by atoms with Crippen molar-refractivity contribution >= 4 is 14.4 Å². The van der Waals surface area contributed by atoms with E-state index >= 15 is 0 Å². The van der Waals surface area contributed by atoms with Crippen LogP contribution in [0.1, 0.15) is 41.0 Å². The molecule has 0 saturated heterocycles. The van der Waals surface area contributed by atoms with Crippen LogP contribution in [0.4, 0.5) is 5.69 Å². The summed E-state index contributed by atoms with van der Waals surface area (Å²) in [5.74, 6) is 0. The largest absolute Gasteiger partial charge is 0.463 e. The van der Waals surface area contributed by atoms with Crippen molar-refractivity contribution < 1.29 is 9.20 Å². The first-order valence-electron chi connectivity index (χ1n) is 7.06. The zero-order valence-electron chi connectivity index (χ0n) is 13.3. The van der Waals surface area contributed by atoms with E-state index in [0.29, 0.717) is 24.3 Å². The van der Waals surface area contributed by atoms with Crippen molar-refractivity contribution in [1.29, 1.82) is 0 Å². The fourth-order valence-electron chi connectivity index (χ4n) is 1.37. The second-order valence-electron chi connectivity index (χ2n) is 5.53. The van der Waals surface area contributed by atoms with Crippen LogP contribution in [0.5, 0.6) is 6.01 Å². The highest BCUT2D eigenvalue weighted by molar-refractivity contribution is 6.42. The van der Waals surface area contributed by atoms with Gasteiger partial charge in [0, 0.05) is 11.5 Å². The van der Waals surface area contributed by atoms with Crippen LogP contribution in [0.15, 0.2) is 12.4 Å². The number of hydrogen-bond donors (Lipinski definition) is 1. The molecule has 0 amide bonds. The lowest BCUT2D eigenvalue weighted by atomic mass is 9.98. The van der Waals surface area contributed by atoms with Crippen molar-refractivity contribution in [2.45, 2.75) is 53.1 Å². The smallest absolute Gasteiger partial charge is 0.316 e. The van der Waals surface area contributed by atoms with Gasteiger partial charge in [0.25, 0.3) is 8.68 Å². The van der Waals surface area contributed by atoms with E-state index in [9.17, 15) is 4.46 Å². The molecule has 0 bridgehead atoms. The van der Waals surface area contributed by atoms with Crippen LogP contribution >= 0.6 is 0 Å². The molecule has 114 valence electrons. The summed E-state index contributed by atoms with van der Waals surface area (Å²) in [6.45, 7) is 10.7. The van der Waals surface area contributed by atoms with Crippen molar-refractivity contribution in [2.24, 2.45) is 5.41 Å². The molecule has 0 aliphatic rings. The SMILES string of the molecule is CCC.CC[Si](=O)CC(C)(C)COc1ncc(N)cn1. The van der Waals surface area contributed by atoms with Crippen molar-refractivity contribution in [1.82, 2.24) is 9.97 Å². The molecule has 2 N–H and O–H groups in total. The van der Waals surface area contributed by atoms with Gasteiger partial charge in [0.05, 0.1) is 24.7 Å². The van der Waals surface area contributed by atoms with Gasteiger partial charge in [-0.3, -0.25) is 0 Å². The van der Waals surface area contributed by atoms with Gasteiger partial charge in [0.1, 0.15) is 0 Å².